The fraction of sp³-hybridized carbons (Fsp3) is 0.250. The molecular formula is C24H24N4O4. The summed E-state index contributed by atoms with van der Waals surface area (Å²) in [6.45, 7) is 4.61. The van der Waals surface area contributed by atoms with E-state index < -0.39 is 11.5 Å². The molecule has 0 aliphatic heterocycles. The summed E-state index contributed by atoms with van der Waals surface area (Å²) in [6.07, 6.45) is 3.41. The molecule has 0 spiro atoms. The molecule has 0 atom stereocenters. The lowest BCUT2D eigenvalue weighted by Crippen LogP contribution is -2.27. The SMILES string of the molecule is COCCCNC(=O)C(C#N)=Cc1c(Oc2ccc(C)cc2)nc2c(C)cccn2c1=O. The van der Waals surface area contributed by atoms with Gasteiger partial charge in [0.05, 0.1) is 0 Å². The van der Waals surface area contributed by atoms with E-state index >= 15 is 0 Å². The monoisotopic (exact) mass is 432 g/mol. The van der Waals surface area contributed by atoms with Crippen LogP contribution in [0.4, 0.5) is 0 Å². The van der Waals surface area contributed by atoms with Crippen LogP contribution in [0.25, 0.3) is 11.7 Å². The van der Waals surface area contributed by atoms with Crippen LogP contribution >= 0.6 is 0 Å². The fourth-order valence-corrected chi connectivity index (χ4v) is 3.02. The van der Waals surface area contributed by atoms with Crippen molar-refractivity contribution < 1.29 is 14.3 Å². The zero-order valence-electron chi connectivity index (χ0n) is 18.2. The van der Waals surface area contributed by atoms with E-state index in [4.69, 9.17) is 9.47 Å². The topological polar surface area (TPSA) is 106 Å². The Kier molecular flexibility index (Phi) is 7.37. The third-order valence-corrected chi connectivity index (χ3v) is 4.75. The number of hydrogen-bond donors (Lipinski definition) is 1. The zero-order chi connectivity index (χ0) is 23.1. The number of nitrogens with one attached hydrogen (secondary N) is 1. The summed E-state index contributed by atoms with van der Waals surface area (Å²) in [5, 5.41) is 12.2. The number of nitriles is 1. The summed E-state index contributed by atoms with van der Waals surface area (Å²) in [5.74, 6) is -0.0793. The number of aryl methyl sites for hydroxylation is 2. The lowest BCUT2D eigenvalue weighted by molar-refractivity contribution is -0.117. The fourth-order valence-electron chi connectivity index (χ4n) is 3.02. The Labute approximate surface area is 185 Å². The normalized spacial score (nSPS) is 11.2. The molecule has 3 rings (SSSR count). The Morgan fingerprint density at radius 3 is 2.69 bits per heavy atom. The predicted octanol–water partition coefficient (Wildman–Crippen LogP) is 3.16. The van der Waals surface area contributed by atoms with Gasteiger partial charge in [0, 0.05) is 26.5 Å². The highest BCUT2D eigenvalue weighted by Gasteiger charge is 2.18. The van der Waals surface area contributed by atoms with E-state index in [-0.39, 0.29) is 17.0 Å². The molecule has 0 aliphatic rings. The molecule has 8 heteroatoms. The minimum Gasteiger partial charge on any atom is -0.438 e. The summed E-state index contributed by atoms with van der Waals surface area (Å²) < 4.78 is 12.2. The zero-order valence-corrected chi connectivity index (χ0v) is 18.2. The van der Waals surface area contributed by atoms with Gasteiger partial charge in [-0.2, -0.15) is 10.2 Å². The first-order valence-corrected chi connectivity index (χ1v) is 10.1. The van der Waals surface area contributed by atoms with Gasteiger partial charge in [0.2, 0.25) is 5.88 Å². The predicted molar refractivity (Wildman–Crippen MR) is 121 cm³/mol. The molecule has 1 amide bonds. The van der Waals surface area contributed by atoms with E-state index in [0.29, 0.717) is 31.0 Å². The molecule has 0 unspecified atom stereocenters. The van der Waals surface area contributed by atoms with Crippen molar-refractivity contribution in [1.29, 1.82) is 5.26 Å². The van der Waals surface area contributed by atoms with Crippen LogP contribution in [0.1, 0.15) is 23.1 Å². The van der Waals surface area contributed by atoms with Crippen LogP contribution in [0.3, 0.4) is 0 Å². The lowest BCUT2D eigenvalue weighted by Gasteiger charge is -2.12. The van der Waals surface area contributed by atoms with Crippen molar-refractivity contribution in [3.8, 4) is 17.7 Å². The van der Waals surface area contributed by atoms with Crippen LogP contribution in [0.15, 0.2) is 53.0 Å². The molecule has 2 heterocycles. The number of fused-ring (bicyclic) bond motifs is 1. The van der Waals surface area contributed by atoms with Crippen LogP contribution in [0.2, 0.25) is 0 Å². The summed E-state index contributed by atoms with van der Waals surface area (Å²) >= 11 is 0. The van der Waals surface area contributed by atoms with Gasteiger partial charge in [-0.15, -0.1) is 0 Å². The number of ether oxygens (including phenoxy) is 2. The van der Waals surface area contributed by atoms with Crippen molar-refractivity contribution >= 4 is 17.6 Å². The molecule has 3 aromatic rings. The molecule has 0 radical (unpaired) electrons. The maximum absolute atomic E-state index is 13.3. The molecular weight excluding hydrogens is 408 g/mol. The minimum atomic E-state index is -0.585. The molecule has 1 aromatic carbocycles. The van der Waals surface area contributed by atoms with E-state index in [1.165, 1.54) is 10.5 Å². The average molecular weight is 432 g/mol. The van der Waals surface area contributed by atoms with Crippen LogP contribution in [0, 0.1) is 25.2 Å². The van der Waals surface area contributed by atoms with Gasteiger partial charge in [-0.05, 0) is 50.1 Å². The lowest BCUT2D eigenvalue weighted by atomic mass is 10.1. The first kappa shape index (κ1) is 22.7. The van der Waals surface area contributed by atoms with Crippen molar-refractivity contribution in [2.75, 3.05) is 20.3 Å². The standard InChI is InChI=1S/C24H24N4O4/c1-16-7-9-19(10-8-16)32-23-20(14-18(15-25)22(29)26-11-5-13-31-3)24(30)28-12-4-6-17(2)21(28)27-23/h4,6-10,12,14H,5,11,13H2,1-3H3,(H,26,29). The van der Waals surface area contributed by atoms with Crippen molar-refractivity contribution in [1.82, 2.24) is 14.7 Å². The summed E-state index contributed by atoms with van der Waals surface area (Å²) in [6, 6.07) is 12.7. The molecule has 0 fully saturated rings. The Morgan fingerprint density at radius 1 is 1.25 bits per heavy atom. The molecule has 1 N–H and O–H groups in total. The third-order valence-electron chi connectivity index (χ3n) is 4.75. The van der Waals surface area contributed by atoms with Gasteiger partial charge in [0.1, 0.15) is 28.6 Å². The maximum Gasteiger partial charge on any atom is 0.269 e. The van der Waals surface area contributed by atoms with E-state index in [1.54, 1.807) is 31.5 Å². The molecule has 2 aromatic heterocycles. The van der Waals surface area contributed by atoms with Crippen LogP contribution in [-0.2, 0) is 9.53 Å². The number of carbonyl (C=O) groups excluding carboxylic acids is 1. The van der Waals surface area contributed by atoms with Crippen molar-refractivity contribution in [3.05, 3.63) is 75.2 Å². The van der Waals surface area contributed by atoms with Gasteiger partial charge in [-0.1, -0.05) is 23.8 Å². The number of benzene rings is 1. The van der Waals surface area contributed by atoms with Gasteiger partial charge in [0.25, 0.3) is 11.5 Å². The third kappa shape index (κ3) is 5.20. The second-order valence-corrected chi connectivity index (χ2v) is 7.21. The molecule has 32 heavy (non-hydrogen) atoms. The minimum absolute atomic E-state index is 0.0114. The number of pyridine rings is 1. The Morgan fingerprint density at radius 2 is 2.00 bits per heavy atom. The number of methoxy groups -OCH3 is 1. The van der Waals surface area contributed by atoms with E-state index in [1.807, 2.05) is 38.1 Å². The second-order valence-electron chi connectivity index (χ2n) is 7.21. The molecule has 8 nitrogen and oxygen atoms in total. The number of rotatable bonds is 8. The first-order valence-electron chi connectivity index (χ1n) is 10.1. The molecule has 164 valence electrons. The average Bonchev–Trinajstić information content (AvgIpc) is 2.79. The molecule has 0 bridgehead atoms. The number of nitrogens with zero attached hydrogens (tertiary/aromatic N) is 3. The number of carbonyl (C=O) groups is 1. The highest BCUT2D eigenvalue weighted by atomic mass is 16.5. The van der Waals surface area contributed by atoms with Crippen LogP contribution < -0.4 is 15.6 Å². The Bertz CT molecular complexity index is 1250. The Balaban J connectivity index is 2.08. The Hall–Kier alpha value is -3.96. The van der Waals surface area contributed by atoms with Crippen molar-refractivity contribution in [2.24, 2.45) is 0 Å². The van der Waals surface area contributed by atoms with Gasteiger partial charge in [-0.3, -0.25) is 14.0 Å². The molecule has 0 saturated heterocycles. The van der Waals surface area contributed by atoms with E-state index in [9.17, 15) is 14.9 Å². The summed E-state index contributed by atoms with van der Waals surface area (Å²) in [4.78, 5) is 30.2. The number of amides is 1. The summed E-state index contributed by atoms with van der Waals surface area (Å²) in [7, 11) is 1.57. The quantitative estimate of drug-likeness (QED) is 0.333. The van der Waals surface area contributed by atoms with E-state index in [2.05, 4.69) is 10.3 Å². The van der Waals surface area contributed by atoms with Crippen LogP contribution in [-0.4, -0.2) is 35.6 Å². The number of hydrogen-bond acceptors (Lipinski definition) is 6. The van der Waals surface area contributed by atoms with Gasteiger partial charge in [-0.25, -0.2) is 0 Å². The van der Waals surface area contributed by atoms with Gasteiger partial charge >= 0.3 is 0 Å². The maximum atomic E-state index is 13.3. The highest BCUT2D eigenvalue weighted by molar-refractivity contribution is 6.01. The smallest absolute Gasteiger partial charge is 0.269 e. The number of aromatic nitrogens is 2. The second kappa shape index (κ2) is 10.4. The van der Waals surface area contributed by atoms with Crippen molar-refractivity contribution in [3.63, 3.8) is 0 Å². The van der Waals surface area contributed by atoms with Gasteiger partial charge < -0.3 is 14.8 Å². The summed E-state index contributed by atoms with van der Waals surface area (Å²) in [5.41, 5.74) is 1.61. The van der Waals surface area contributed by atoms with E-state index in [0.717, 1.165) is 11.1 Å². The van der Waals surface area contributed by atoms with Crippen LogP contribution in [0.5, 0.6) is 11.6 Å². The van der Waals surface area contributed by atoms with Gasteiger partial charge in [0.15, 0.2) is 0 Å². The molecule has 0 aliphatic carbocycles. The first-order chi connectivity index (χ1) is 15.4. The largest absolute Gasteiger partial charge is 0.438 e. The highest BCUT2D eigenvalue weighted by Crippen LogP contribution is 2.25. The molecule has 0 saturated carbocycles. The van der Waals surface area contributed by atoms with Crippen molar-refractivity contribution in [2.45, 2.75) is 20.3 Å².